The fourth-order valence-electron chi connectivity index (χ4n) is 3.08. The van der Waals surface area contributed by atoms with E-state index in [4.69, 9.17) is 0 Å². The number of halogens is 1. The second kappa shape index (κ2) is 10.3. The number of hydrogen-bond donors (Lipinski definition) is 2. The van der Waals surface area contributed by atoms with Crippen molar-refractivity contribution in [1.82, 2.24) is 5.32 Å². The number of rotatable bonds is 8. The highest BCUT2D eigenvalue weighted by molar-refractivity contribution is 6.04. The van der Waals surface area contributed by atoms with E-state index in [1.807, 2.05) is 6.07 Å². The third-order valence-electron chi connectivity index (χ3n) is 4.83. The van der Waals surface area contributed by atoms with Gasteiger partial charge in [0, 0.05) is 24.2 Å². The van der Waals surface area contributed by atoms with Gasteiger partial charge in [-0.1, -0.05) is 49.4 Å². The Hall–Kier alpha value is -3.47. The summed E-state index contributed by atoms with van der Waals surface area (Å²) < 4.78 is 13.3. The molecule has 0 fully saturated rings. The molecule has 0 bridgehead atoms. The molecule has 5 heteroatoms. The Kier molecular flexibility index (Phi) is 7.33. The molecular weight excluding hydrogens is 379 g/mol. The number of nitrogens with one attached hydrogen (secondary N) is 2. The van der Waals surface area contributed by atoms with E-state index in [9.17, 15) is 14.0 Å². The van der Waals surface area contributed by atoms with E-state index in [-0.39, 0.29) is 17.4 Å². The Morgan fingerprint density at radius 3 is 2.33 bits per heavy atom. The van der Waals surface area contributed by atoms with Crippen LogP contribution >= 0.6 is 0 Å². The molecule has 0 heterocycles. The lowest BCUT2D eigenvalue weighted by Crippen LogP contribution is -2.23. The number of amides is 2. The first-order valence-corrected chi connectivity index (χ1v) is 10.0. The van der Waals surface area contributed by atoms with Crippen LogP contribution in [0.4, 0.5) is 10.1 Å². The number of carbonyl (C=O) groups is 2. The van der Waals surface area contributed by atoms with Gasteiger partial charge in [-0.05, 0) is 59.9 Å². The summed E-state index contributed by atoms with van der Waals surface area (Å²) in [6, 6.07) is 21.1. The Bertz CT molecular complexity index is 1020. The van der Waals surface area contributed by atoms with Crippen molar-refractivity contribution >= 4 is 17.5 Å². The van der Waals surface area contributed by atoms with E-state index in [0.717, 1.165) is 17.5 Å². The first-order valence-electron chi connectivity index (χ1n) is 10.0. The van der Waals surface area contributed by atoms with E-state index in [2.05, 4.69) is 41.8 Å². The molecule has 3 rings (SSSR count). The summed E-state index contributed by atoms with van der Waals surface area (Å²) in [5.74, 6) is -0.867. The van der Waals surface area contributed by atoms with Crippen LogP contribution in [0.15, 0.2) is 72.8 Å². The SMILES string of the molecule is CCc1ccc(CCC(=O)NCc2cccc(NC(=O)c3cccc(F)c3)c2)cc1. The zero-order valence-corrected chi connectivity index (χ0v) is 17.0. The Morgan fingerprint density at radius 1 is 0.867 bits per heavy atom. The number of hydrogen-bond acceptors (Lipinski definition) is 2. The molecule has 0 aliphatic carbocycles. The average molecular weight is 404 g/mol. The molecule has 0 unspecified atom stereocenters. The zero-order chi connectivity index (χ0) is 21.3. The van der Waals surface area contributed by atoms with Gasteiger partial charge in [0.2, 0.25) is 5.91 Å². The van der Waals surface area contributed by atoms with Gasteiger partial charge in [-0.15, -0.1) is 0 Å². The van der Waals surface area contributed by atoms with Crippen LogP contribution in [0.3, 0.4) is 0 Å². The standard InChI is InChI=1S/C25H25FN2O2/c1-2-18-9-11-19(12-10-18)13-14-24(29)27-17-20-5-3-8-23(15-20)28-25(30)21-6-4-7-22(26)16-21/h3-12,15-16H,2,13-14,17H2,1H3,(H,27,29)(H,28,30). The van der Waals surface area contributed by atoms with Gasteiger partial charge < -0.3 is 10.6 Å². The van der Waals surface area contributed by atoms with Gasteiger partial charge in [-0.2, -0.15) is 0 Å². The van der Waals surface area contributed by atoms with Gasteiger partial charge in [0.15, 0.2) is 0 Å². The molecule has 4 nitrogen and oxygen atoms in total. The van der Waals surface area contributed by atoms with Crippen LogP contribution in [-0.2, 0) is 24.2 Å². The van der Waals surface area contributed by atoms with E-state index < -0.39 is 5.82 Å². The second-order valence-electron chi connectivity index (χ2n) is 7.11. The molecule has 154 valence electrons. The van der Waals surface area contributed by atoms with Crippen molar-refractivity contribution < 1.29 is 14.0 Å². The largest absolute Gasteiger partial charge is 0.352 e. The predicted octanol–water partition coefficient (Wildman–Crippen LogP) is 4.89. The molecule has 2 N–H and O–H groups in total. The highest BCUT2D eigenvalue weighted by Gasteiger charge is 2.08. The molecule has 0 spiro atoms. The van der Waals surface area contributed by atoms with Crippen LogP contribution in [0.5, 0.6) is 0 Å². The topological polar surface area (TPSA) is 58.2 Å². The molecule has 0 atom stereocenters. The molecule has 3 aromatic carbocycles. The molecule has 30 heavy (non-hydrogen) atoms. The molecule has 2 amide bonds. The summed E-state index contributed by atoms with van der Waals surface area (Å²) in [6.07, 6.45) is 2.11. The van der Waals surface area contributed by atoms with Crippen LogP contribution < -0.4 is 10.6 Å². The normalized spacial score (nSPS) is 10.5. The zero-order valence-electron chi connectivity index (χ0n) is 17.0. The van der Waals surface area contributed by atoms with E-state index in [1.165, 1.54) is 23.8 Å². The maximum atomic E-state index is 13.3. The van der Waals surface area contributed by atoms with Gasteiger partial charge in [0.1, 0.15) is 5.82 Å². The monoisotopic (exact) mass is 404 g/mol. The Morgan fingerprint density at radius 2 is 1.60 bits per heavy atom. The van der Waals surface area contributed by atoms with Gasteiger partial charge >= 0.3 is 0 Å². The number of benzene rings is 3. The van der Waals surface area contributed by atoms with Gasteiger partial charge in [-0.3, -0.25) is 9.59 Å². The van der Waals surface area contributed by atoms with Crippen LogP contribution in [0.1, 0.15) is 40.4 Å². The second-order valence-corrected chi connectivity index (χ2v) is 7.11. The minimum Gasteiger partial charge on any atom is -0.352 e. The van der Waals surface area contributed by atoms with Crippen LogP contribution in [-0.4, -0.2) is 11.8 Å². The number of carbonyl (C=O) groups excluding carboxylic acids is 2. The highest BCUT2D eigenvalue weighted by Crippen LogP contribution is 2.13. The number of anilines is 1. The molecular formula is C25H25FN2O2. The van der Waals surface area contributed by atoms with Crippen molar-refractivity contribution in [2.45, 2.75) is 32.7 Å². The first kappa shape index (κ1) is 21.2. The van der Waals surface area contributed by atoms with E-state index in [0.29, 0.717) is 25.1 Å². The number of aryl methyl sites for hydroxylation is 2. The minimum absolute atomic E-state index is 0.0243. The van der Waals surface area contributed by atoms with Crippen LogP contribution in [0.25, 0.3) is 0 Å². The third kappa shape index (κ3) is 6.27. The molecule has 0 aliphatic heterocycles. The fraction of sp³-hybridized carbons (Fsp3) is 0.200. The van der Waals surface area contributed by atoms with Crippen molar-refractivity contribution in [3.05, 3.63) is 101 Å². The highest BCUT2D eigenvalue weighted by atomic mass is 19.1. The van der Waals surface area contributed by atoms with Crippen molar-refractivity contribution in [3.63, 3.8) is 0 Å². The summed E-state index contributed by atoms with van der Waals surface area (Å²) in [4.78, 5) is 24.4. The summed E-state index contributed by atoms with van der Waals surface area (Å²) >= 11 is 0. The Balaban J connectivity index is 1.49. The maximum Gasteiger partial charge on any atom is 0.255 e. The lowest BCUT2D eigenvalue weighted by Gasteiger charge is -2.09. The molecule has 0 saturated heterocycles. The molecule has 0 aromatic heterocycles. The van der Waals surface area contributed by atoms with Crippen LogP contribution in [0, 0.1) is 5.82 Å². The molecule has 0 aliphatic rings. The van der Waals surface area contributed by atoms with Gasteiger partial charge in [-0.25, -0.2) is 4.39 Å². The molecule has 0 saturated carbocycles. The quantitative estimate of drug-likeness (QED) is 0.562. The first-order chi connectivity index (χ1) is 14.5. The summed E-state index contributed by atoms with van der Waals surface area (Å²) in [6.45, 7) is 2.49. The van der Waals surface area contributed by atoms with Crippen LogP contribution in [0.2, 0.25) is 0 Å². The average Bonchev–Trinajstić information content (AvgIpc) is 2.77. The van der Waals surface area contributed by atoms with Crippen molar-refractivity contribution in [2.24, 2.45) is 0 Å². The minimum atomic E-state index is -0.458. The van der Waals surface area contributed by atoms with E-state index in [1.54, 1.807) is 24.3 Å². The smallest absolute Gasteiger partial charge is 0.255 e. The molecule has 3 aromatic rings. The summed E-state index contributed by atoms with van der Waals surface area (Å²) in [5, 5.41) is 5.66. The van der Waals surface area contributed by atoms with Crippen molar-refractivity contribution in [3.8, 4) is 0 Å². The lowest BCUT2D eigenvalue weighted by molar-refractivity contribution is -0.121. The van der Waals surface area contributed by atoms with Gasteiger partial charge in [0.25, 0.3) is 5.91 Å². The summed E-state index contributed by atoms with van der Waals surface area (Å²) in [7, 11) is 0. The maximum absolute atomic E-state index is 13.3. The Labute approximate surface area is 176 Å². The lowest BCUT2D eigenvalue weighted by atomic mass is 10.1. The summed E-state index contributed by atoms with van der Waals surface area (Å²) in [5.41, 5.74) is 4.14. The van der Waals surface area contributed by atoms with E-state index >= 15 is 0 Å². The molecule has 0 radical (unpaired) electrons. The third-order valence-corrected chi connectivity index (χ3v) is 4.83. The fourth-order valence-corrected chi connectivity index (χ4v) is 3.08. The predicted molar refractivity (Wildman–Crippen MR) is 117 cm³/mol. The van der Waals surface area contributed by atoms with Gasteiger partial charge in [0.05, 0.1) is 0 Å². The van der Waals surface area contributed by atoms with Crippen molar-refractivity contribution in [2.75, 3.05) is 5.32 Å². The van der Waals surface area contributed by atoms with Crippen molar-refractivity contribution in [1.29, 1.82) is 0 Å².